The van der Waals surface area contributed by atoms with E-state index < -0.39 is 5.41 Å². The lowest BCUT2D eigenvalue weighted by atomic mass is 9.87. The summed E-state index contributed by atoms with van der Waals surface area (Å²) in [5, 5.41) is 7.20. The predicted molar refractivity (Wildman–Crippen MR) is 123 cm³/mol. The fourth-order valence-corrected chi connectivity index (χ4v) is 5.09. The highest BCUT2D eigenvalue weighted by atomic mass is 32.1. The number of amides is 1. The number of halogens is 1. The van der Waals surface area contributed by atoms with E-state index in [1.54, 1.807) is 17.4 Å². The summed E-state index contributed by atoms with van der Waals surface area (Å²) in [6.45, 7) is 10.6. The molecule has 0 spiro atoms. The number of nitrogens with one attached hydrogen (secondary N) is 2. The Labute approximate surface area is 187 Å². The summed E-state index contributed by atoms with van der Waals surface area (Å²) >= 11 is 1.61. The Hall–Kier alpha value is -2.25. The summed E-state index contributed by atoms with van der Waals surface area (Å²) in [5.41, 5.74) is 2.83. The average molecular weight is 443 g/mol. The van der Waals surface area contributed by atoms with Crippen LogP contribution in [0.4, 0.5) is 4.39 Å². The molecule has 3 aromatic rings. The molecule has 2 N–H and O–H groups in total. The summed E-state index contributed by atoms with van der Waals surface area (Å²) in [4.78, 5) is 23.1. The van der Waals surface area contributed by atoms with Crippen LogP contribution in [0.5, 0.6) is 0 Å². The van der Waals surface area contributed by atoms with E-state index in [4.69, 9.17) is 0 Å². The number of thiazole rings is 1. The van der Waals surface area contributed by atoms with Crippen molar-refractivity contribution in [2.45, 2.75) is 53.1 Å². The molecule has 3 heterocycles. The molecule has 1 atom stereocenters. The van der Waals surface area contributed by atoms with Crippen molar-refractivity contribution in [3.63, 3.8) is 0 Å². The van der Waals surface area contributed by atoms with E-state index in [-0.39, 0.29) is 17.8 Å². The van der Waals surface area contributed by atoms with Crippen molar-refractivity contribution in [3.8, 4) is 0 Å². The maximum atomic E-state index is 13.6. The molecule has 0 radical (unpaired) electrons. The Morgan fingerprint density at radius 1 is 1.35 bits per heavy atom. The number of aromatic nitrogens is 2. The topological polar surface area (TPSA) is 61.0 Å². The molecule has 166 valence electrons. The average Bonchev–Trinajstić information content (AvgIpc) is 3.35. The zero-order valence-electron chi connectivity index (χ0n) is 18.7. The molecule has 2 aromatic heterocycles. The Bertz CT molecular complexity index is 1050. The molecule has 1 amide bonds. The lowest BCUT2D eigenvalue weighted by molar-refractivity contribution is -0.129. The number of H-pyrrole nitrogens is 1. The van der Waals surface area contributed by atoms with Gasteiger partial charge in [0.25, 0.3) is 0 Å². The predicted octanol–water partition coefficient (Wildman–Crippen LogP) is 5.19. The lowest BCUT2D eigenvalue weighted by Gasteiger charge is -2.36. The normalized spacial score (nSPS) is 17.2. The first-order valence-corrected chi connectivity index (χ1v) is 11.8. The molecule has 1 aromatic carbocycles. The molecule has 7 heteroatoms. The van der Waals surface area contributed by atoms with Gasteiger partial charge >= 0.3 is 0 Å². The molecular weight excluding hydrogens is 411 g/mol. The molecule has 0 saturated carbocycles. The van der Waals surface area contributed by atoms with Gasteiger partial charge in [0.2, 0.25) is 5.91 Å². The first-order valence-electron chi connectivity index (χ1n) is 10.9. The van der Waals surface area contributed by atoms with Crippen LogP contribution in [-0.4, -0.2) is 33.9 Å². The fraction of sp³-hybridized carbons (Fsp3) is 0.500. The number of carbonyl (C=O) groups is 1. The molecule has 1 saturated heterocycles. The number of aromatic amines is 1. The third-order valence-electron chi connectivity index (χ3n) is 6.29. The number of fused-ring (bicyclic) bond motifs is 1. The lowest BCUT2D eigenvalue weighted by Crippen LogP contribution is -2.43. The third-order valence-corrected chi connectivity index (χ3v) is 7.15. The largest absolute Gasteiger partial charge is 0.357 e. The van der Waals surface area contributed by atoms with Crippen LogP contribution >= 0.6 is 11.3 Å². The van der Waals surface area contributed by atoms with E-state index in [0.29, 0.717) is 5.92 Å². The van der Waals surface area contributed by atoms with E-state index in [2.05, 4.69) is 27.1 Å². The van der Waals surface area contributed by atoms with Crippen LogP contribution in [0, 0.1) is 24.1 Å². The van der Waals surface area contributed by atoms with Crippen LogP contribution < -0.4 is 5.32 Å². The highest BCUT2D eigenvalue weighted by Gasteiger charge is 2.33. The van der Waals surface area contributed by atoms with E-state index >= 15 is 0 Å². The summed E-state index contributed by atoms with van der Waals surface area (Å²) in [6, 6.07) is 4.88. The van der Waals surface area contributed by atoms with Gasteiger partial charge in [-0.3, -0.25) is 9.69 Å². The quantitative estimate of drug-likeness (QED) is 0.572. The Balaban J connectivity index is 1.43. The van der Waals surface area contributed by atoms with Crippen molar-refractivity contribution >= 4 is 28.1 Å². The minimum Gasteiger partial charge on any atom is -0.357 e. The standard InChI is InChI=1S/C24H31FN4OS/c1-15-18-13-17(25)5-6-19(18)27-20(15)14-29-10-7-16(8-11-29)21(22-26-9-12-31-22)28-23(30)24(2,3)4/h5-6,9,12-13,16,21,27H,7-8,10-11,14H2,1-4H3,(H,28,30)/t21-/m0/s1. The summed E-state index contributed by atoms with van der Waals surface area (Å²) in [6.07, 6.45) is 3.82. The van der Waals surface area contributed by atoms with Crippen LogP contribution in [-0.2, 0) is 11.3 Å². The van der Waals surface area contributed by atoms with Gasteiger partial charge in [0, 0.05) is 40.1 Å². The smallest absolute Gasteiger partial charge is 0.225 e. The van der Waals surface area contributed by atoms with Gasteiger partial charge in [-0.25, -0.2) is 9.37 Å². The second-order valence-electron chi connectivity index (χ2n) is 9.60. The van der Waals surface area contributed by atoms with Gasteiger partial charge in [0.05, 0.1) is 6.04 Å². The Kier molecular flexibility index (Phi) is 6.17. The van der Waals surface area contributed by atoms with Gasteiger partial charge in [0.1, 0.15) is 10.8 Å². The molecule has 1 fully saturated rings. The molecule has 0 unspecified atom stereocenters. The summed E-state index contributed by atoms with van der Waals surface area (Å²) < 4.78 is 13.6. The number of rotatable bonds is 5. The molecule has 1 aliphatic rings. The van der Waals surface area contributed by atoms with Crippen molar-refractivity contribution in [1.29, 1.82) is 0 Å². The van der Waals surface area contributed by atoms with Crippen molar-refractivity contribution in [2.24, 2.45) is 11.3 Å². The van der Waals surface area contributed by atoms with E-state index in [9.17, 15) is 9.18 Å². The van der Waals surface area contributed by atoms with Crippen LogP contribution in [0.1, 0.15) is 55.9 Å². The maximum absolute atomic E-state index is 13.6. The van der Waals surface area contributed by atoms with Crippen molar-refractivity contribution in [1.82, 2.24) is 20.2 Å². The molecular formula is C24H31FN4OS. The van der Waals surface area contributed by atoms with Gasteiger partial charge < -0.3 is 10.3 Å². The highest BCUT2D eigenvalue weighted by Crippen LogP contribution is 2.34. The van der Waals surface area contributed by atoms with E-state index in [0.717, 1.165) is 59.6 Å². The number of carbonyl (C=O) groups excluding carboxylic acids is 1. The SMILES string of the molecule is Cc1c(CN2CCC([C@H](NC(=O)C(C)(C)C)c3nccs3)CC2)[nH]c2ccc(F)cc12. The highest BCUT2D eigenvalue weighted by molar-refractivity contribution is 7.09. The van der Waals surface area contributed by atoms with Crippen molar-refractivity contribution in [3.05, 3.63) is 51.9 Å². The number of likely N-dealkylation sites (tertiary alicyclic amines) is 1. The zero-order valence-corrected chi connectivity index (χ0v) is 19.5. The first-order chi connectivity index (χ1) is 14.7. The van der Waals surface area contributed by atoms with Crippen molar-refractivity contribution in [2.75, 3.05) is 13.1 Å². The van der Waals surface area contributed by atoms with Gasteiger partial charge in [-0.05, 0) is 62.5 Å². The van der Waals surface area contributed by atoms with E-state index in [1.807, 2.05) is 38.4 Å². The monoisotopic (exact) mass is 442 g/mol. The second-order valence-corrected chi connectivity index (χ2v) is 10.5. The molecule has 31 heavy (non-hydrogen) atoms. The number of aryl methyl sites for hydroxylation is 1. The second kappa shape index (κ2) is 8.71. The number of hydrogen-bond donors (Lipinski definition) is 2. The minimum absolute atomic E-state index is 0.0355. The maximum Gasteiger partial charge on any atom is 0.225 e. The number of hydrogen-bond acceptors (Lipinski definition) is 4. The Morgan fingerprint density at radius 2 is 2.10 bits per heavy atom. The van der Waals surface area contributed by atoms with Gasteiger partial charge in [-0.2, -0.15) is 0 Å². The summed E-state index contributed by atoms with van der Waals surface area (Å²) in [5.74, 6) is 0.232. The number of piperidine rings is 1. The third kappa shape index (κ3) is 4.83. The van der Waals surface area contributed by atoms with Crippen LogP contribution in [0.15, 0.2) is 29.8 Å². The van der Waals surface area contributed by atoms with Crippen molar-refractivity contribution < 1.29 is 9.18 Å². The number of benzene rings is 1. The van der Waals surface area contributed by atoms with E-state index in [1.165, 1.54) is 6.07 Å². The van der Waals surface area contributed by atoms with Crippen LogP contribution in [0.25, 0.3) is 10.9 Å². The molecule has 0 bridgehead atoms. The van der Waals surface area contributed by atoms with Crippen LogP contribution in [0.2, 0.25) is 0 Å². The Morgan fingerprint density at radius 3 is 2.74 bits per heavy atom. The zero-order chi connectivity index (χ0) is 22.2. The molecule has 1 aliphatic heterocycles. The molecule has 0 aliphatic carbocycles. The fourth-order valence-electron chi connectivity index (χ4n) is 4.31. The molecule has 4 rings (SSSR count). The van der Waals surface area contributed by atoms with Gasteiger partial charge in [-0.15, -0.1) is 11.3 Å². The van der Waals surface area contributed by atoms with Crippen LogP contribution in [0.3, 0.4) is 0 Å². The van der Waals surface area contributed by atoms with Gasteiger partial charge in [0.15, 0.2) is 0 Å². The van der Waals surface area contributed by atoms with Gasteiger partial charge in [-0.1, -0.05) is 20.8 Å². The number of nitrogens with zero attached hydrogens (tertiary/aromatic N) is 2. The summed E-state index contributed by atoms with van der Waals surface area (Å²) in [7, 11) is 0. The minimum atomic E-state index is -0.428. The molecule has 5 nitrogen and oxygen atoms in total. The first kappa shape index (κ1) is 22.0.